The van der Waals surface area contributed by atoms with Crippen LogP contribution in [0, 0.1) is 0 Å². The molecule has 0 aromatic heterocycles. The molecule has 0 fully saturated rings. The number of unbranched alkanes of at least 4 members (excludes halogenated alkanes) is 10. The lowest BCUT2D eigenvalue weighted by Crippen LogP contribution is -2.46. The van der Waals surface area contributed by atoms with E-state index < -0.39 is 28.0 Å². The van der Waals surface area contributed by atoms with Gasteiger partial charge in [0, 0.05) is 6.42 Å². The van der Waals surface area contributed by atoms with Crippen molar-refractivity contribution in [2.75, 3.05) is 5.75 Å². The maximum atomic E-state index is 12.4. The van der Waals surface area contributed by atoms with Gasteiger partial charge in [0.2, 0.25) is 5.91 Å². The van der Waals surface area contributed by atoms with Gasteiger partial charge < -0.3 is 10.4 Å². The molecule has 2 atom stereocenters. The fraction of sp³-hybridized carbons (Fsp3) is 0.667. The number of amides is 1. The van der Waals surface area contributed by atoms with Gasteiger partial charge >= 0.3 is 0 Å². The largest absolute Gasteiger partial charge is 0.387 e. The van der Waals surface area contributed by atoms with E-state index in [1.807, 2.05) is 0 Å². The number of nitrogens with one attached hydrogen (secondary N) is 1. The van der Waals surface area contributed by atoms with Crippen LogP contribution < -0.4 is 5.32 Å². The van der Waals surface area contributed by atoms with Gasteiger partial charge in [0.15, 0.2) is 0 Å². The summed E-state index contributed by atoms with van der Waals surface area (Å²) in [7, 11) is -4.35. The smallest absolute Gasteiger partial charge is 0.267 e. The van der Waals surface area contributed by atoms with E-state index in [1.165, 1.54) is 31.8 Å². The molecule has 230 valence electrons. The fourth-order valence-electron chi connectivity index (χ4n) is 4.12. The van der Waals surface area contributed by atoms with Crippen molar-refractivity contribution in [3.63, 3.8) is 0 Å². The van der Waals surface area contributed by atoms with Gasteiger partial charge in [0.05, 0.1) is 17.9 Å². The Hall–Kier alpha value is -1.96. The summed E-state index contributed by atoms with van der Waals surface area (Å²) in [6.45, 7) is 4.33. The van der Waals surface area contributed by atoms with Crippen molar-refractivity contribution in [1.82, 2.24) is 5.32 Å². The first-order valence-electron chi connectivity index (χ1n) is 15.5. The van der Waals surface area contributed by atoms with Crippen molar-refractivity contribution in [3.8, 4) is 0 Å². The highest BCUT2D eigenvalue weighted by molar-refractivity contribution is 7.85. The summed E-state index contributed by atoms with van der Waals surface area (Å²) in [4.78, 5) is 12.4. The van der Waals surface area contributed by atoms with Crippen LogP contribution in [0.2, 0.25) is 0 Å². The van der Waals surface area contributed by atoms with Gasteiger partial charge in [-0.15, -0.1) is 0 Å². The molecule has 2 unspecified atom stereocenters. The Balaban J connectivity index is 4.16. The van der Waals surface area contributed by atoms with Crippen molar-refractivity contribution < 1.29 is 22.9 Å². The zero-order chi connectivity index (χ0) is 29.7. The number of carbonyl (C=O) groups is 1. The average Bonchev–Trinajstić information content (AvgIpc) is 2.90. The molecule has 0 aliphatic carbocycles. The van der Waals surface area contributed by atoms with Crippen LogP contribution in [0.25, 0.3) is 0 Å². The monoisotopic (exact) mass is 579 g/mol. The summed E-state index contributed by atoms with van der Waals surface area (Å²) in [5.41, 5.74) is 0. The Morgan fingerprint density at radius 2 is 1.23 bits per heavy atom. The average molecular weight is 580 g/mol. The molecular weight excluding hydrogens is 522 g/mol. The van der Waals surface area contributed by atoms with Crippen molar-refractivity contribution >= 4 is 16.0 Å². The van der Waals surface area contributed by atoms with E-state index in [9.17, 15) is 22.9 Å². The standard InChI is InChI=1S/C33H57NO5S/c1-3-5-7-9-11-13-15-16-17-18-19-21-23-25-27-29-33(36)34-31(30-40(37,38)39)32(35)28-26-24-22-20-14-12-10-8-6-4-2/h5,7,11,13-14,16-17,20,26,28,31-32,35H,3-4,6,8-10,12,15,18-19,21-25,27,29-30H2,1-2H3,(H,34,36)(H,37,38,39)/b7-5-,13-11-,17-16-,20-14+,28-26+. The number of allylic oxidation sites excluding steroid dienone is 9. The minimum Gasteiger partial charge on any atom is -0.387 e. The van der Waals surface area contributed by atoms with E-state index in [0.29, 0.717) is 12.8 Å². The highest BCUT2D eigenvalue weighted by Gasteiger charge is 2.24. The van der Waals surface area contributed by atoms with Crippen LogP contribution in [-0.2, 0) is 14.9 Å². The van der Waals surface area contributed by atoms with E-state index in [2.05, 4.69) is 67.8 Å². The van der Waals surface area contributed by atoms with Crippen molar-refractivity contribution in [1.29, 1.82) is 0 Å². The summed E-state index contributed by atoms with van der Waals surface area (Å²) in [6.07, 6.45) is 36.3. The molecule has 0 rings (SSSR count). The van der Waals surface area contributed by atoms with Gasteiger partial charge in [-0.05, 0) is 64.2 Å². The molecule has 0 heterocycles. The number of aliphatic hydroxyl groups excluding tert-OH is 1. The first kappa shape index (κ1) is 38.0. The molecule has 0 aliphatic heterocycles. The second-order valence-electron chi connectivity index (χ2n) is 10.3. The second-order valence-corrected chi connectivity index (χ2v) is 11.8. The molecule has 0 aromatic rings. The number of aliphatic hydroxyl groups is 1. The fourth-order valence-corrected chi connectivity index (χ4v) is 4.86. The van der Waals surface area contributed by atoms with Gasteiger partial charge in [0.25, 0.3) is 10.1 Å². The summed E-state index contributed by atoms with van der Waals surface area (Å²) in [5, 5.41) is 13.0. The molecule has 0 spiro atoms. The van der Waals surface area contributed by atoms with Crippen LogP contribution in [-0.4, -0.2) is 41.9 Å². The molecule has 0 radical (unpaired) electrons. The second kappa shape index (κ2) is 27.2. The van der Waals surface area contributed by atoms with Crippen molar-refractivity contribution in [2.45, 2.75) is 135 Å². The van der Waals surface area contributed by atoms with Gasteiger partial charge in [-0.3, -0.25) is 9.35 Å². The maximum absolute atomic E-state index is 12.4. The minimum absolute atomic E-state index is 0.265. The van der Waals surface area contributed by atoms with Crippen LogP contribution >= 0.6 is 0 Å². The molecular formula is C33H57NO5S. The Bertz CT molecular complexity index is 858. The number of carbonyl (C=O) groups excluding carboxylic acids is 1. The molecule has 3 N–H and O–H groups in total. The number of rotatable bonds is 26. The van der Waals surface area contributed by atoms with Crippen molar-refractivity contribution in [2.24, 2.45) is 0 Å². The SMILES string of the molecule is CC/C=C\C/C=C\C/C=C\CCCCCCCC(=O)NC(CS(=O)(=O)O)C(O)/C=C/CC/C=C/CCCCCC. The Morgan fingerprint density at radius 1 is 0.700 bits per heavy atom. The summed E-state index contributed by atoms with van der Waals surface area (Å²) in [6, 6.07) is -1.08. The predicted octanol–water partition coefficient (Wildman–Crippen LogP) is 8.17. The zero-order valence-electron chi connectivity index (χ0n) is 25.2. The predicted molar refractivity (Wildman–Crippen MR) is 170 cm³/mol. The van der Waals surface area contributed by atoms with Gasteiger partial charge in [-0.2, -0.15) is 8.42 Å². The summed E-state index contributed by atoms with van der Waals surface area (Å²) < 4.78 is 32.1. The molecule has 7 heteroatoms. The molecule has 0 saturated carbocycles. The van der Waals surface area contributed by atoms with Crippen LogP contribution in [0.1, 0.15) is 123 Å². The Kier molecular flexibility index (Phi) is 25.9. The van der Waals surface area contributed by atoms with Gasteiger partial charge in [0.1, 0.15) is 0 Å². The third-order valence-corrected chi connectivity index (χ3v) is 7.21. The van der Waals surface area contributed by atoms with Gasteiger partial charge in [-0.1, -0.05) is 113 Å². The summed E-state index contributed by atoms with van der Waals surface area (Å²) in [5.74, 6) is -1.03. The molecule has 40 heavy (non-hydrogen) atoms. The number of hydrogen-bond donors (Lipinski definition) is 3. The van der Waals surface area contributed by atoms with E-state index in [-0.39, 0.29) is 12.3 Å². The molecule has 0 saturated heterocycles. The number of hydrogen-bond acceptors (Lipinski definition) is 4. The maximum Gasteiger partial charge on any atom is 0.267 e. The Morgan fingerprint density at radius 3 is 1.88 bits per heavy atom. The third kappa shape index (κ3) is 27.6. The van der Waals surface area contributed by atoms with E-state index >= 15 is 0 Å². The first-order chi connectivity index (χ1) is 19.3. The summed E-state index contributed by atoms with van der Waals surface area (Å²) >= 11 is 0. The topological polar surface area (TPSA) is 104 Å². The molecule has 0 aliphatic rings. The van der Waals surface area contributed by atoms with E-state index in [1.54, 1.807) is 6.08 Å². The minimum atomic E-state index is -4.35. The lowest BCUT2D eigenvalue weighted by Gasteiger charge is -2.21. The molecule has 0 bridgehead atoms. The van der Waals surface area contributed by atoms with Crippen LogP contribution in [0.4, 0.5) is 0 Å². The Labute approximate surface area is 245 Å². The quantitative estimate of drug-likeness (QED) is 0.0545. The van der Waals surface area contributed by atoms with Crippen LogP contribution in [0.5, 0.6) is 0 Å². The van der Waals surface area contributed by atoms with E-state index in [4.69, 9.17) is 0 Å². The lowest BCUT2D eigenvalue weighted by molar-refractivity contribution is -0.122. The van der Waals surface area contributed by atoms with E-state index in [0.717, 1.165) is 64.2 Å². The van der Waals surface area contributed by atoms with Crippen LogP contribution in [0.3, 0.4) is 0 Å². The normalized spacial score (nSPS) is 14.4. The molecule has 1 amide bonds. The lowest BCUT2D eigenvalue weighted by atomic mass is 10.1. The van der Waals surface area contributed by atoms with Gasteiger partial charge in [-0.25, -0.2) is 0 Å². The third-order valence-electron chi connectivity index (χ3n) is 6.43. The van der Waals surface area contributed by atoms with Crippen molar-refractivity contribution in [3.05, 3.63) is 60.8 Å². The molecule has 6 nitrogen and oxygen atoms in total. The zero-order valence-corrected chi connectivity index (χ0v) is 26.0. The van der Waals surface area contributed by atoms with Crippen LogP contribution in [0.15, 0.2) is 60.8 Å². The first-order valence-corrected chi connectivity index (χ1v) is 17.1. The highest BCUT2D eigenvalue weighted by atomic mass is 32.2. The highest BCUT2D eigenvalue weighted by Crippen LogP contribution is 2.09. The molecule has 0 aromatic carbocycles.